The molecule has 1 atom stereocenters. The van der Waals surface area contributed by atoms with Crippen molar-refractivity contribution < 1.29 is 28.9 Å². The number of hydrogen-bond donors (Lipinski definition) is 2. The second kappa shape index (κ2) is 7.71. The molecule has 0 unspecified atom stereocenters. The van der Waals surface area contributed by atoms with Crippen LogP contribution in [0, 0.1) is 0 Å². The lowest BCUT2D eigenvalue weighted by Gasteiger charge is -2.13. The number of ether oxygens (including phenoxy) is 2. The molecule has 0 spiro atoms. The van der Waals surface area contributed by atoms with E-state index in [1.807, 2.05) is 18.2 Å². The molecule has 0 amide bonds. The number of carbonyl (C=O) groups is 1. The Bertz CT molecular complexity index is 963. The van der Waals surface area contributed by atoms with Crippen molar-refractivity contribution in [2.24, 2.45) is 0 Å². The van der Waals surface area contributed by atoms with E-state index in [4.69, 9.17) is 19.0 Å². The second-order valence-corrected chi connectivity index (χ2v) is 5.53. The van der Waals surface area contributed by atoms with Gasteiger partial charge in [0.2, 0.25) is 5.76 Å². The normalized spacial score (nSPS) is 11.9. The van der Waals surface area contributed by atoms with Crippen LogP contribution < -0.4 is 14.9 Å². The van der Waals surface area contributed by atoms with Gasteiger partial charge in [0, 0.05) is 12.1 Å². The minimum atomic E-state index is -1.33. The third-order valence-corrected chi connectivity index (χ3v) is 3.54. The van der Waals surface area contributed by atoms with E-state index in [1.54, 1.807) is 18.2 Å². The average Bonchev–Trinajstić information content (AvgIpc) is 2.65. The summed E-state index contributed by atoms with van der Waals surface area (Å²) in [5.41, 5.74) is -0.353. The molecule has 134 valence electrons. The van der Waals surface area contributed by atoms with Crippen molar-refractivity contribution in [2.75, 3.05) is 13.2 Å². The predicted octanol–water partition coefficient (Wildman–Crippen LogP) is 2.31. The molecule has 0 aliphatic heterocycles. The predicted molar refractivity (Wildman–Crippen MR) is 92.9 cm³/mol. The Morgan fingerprint density at radius 2 is 1.69 bits per heavy atom. The van der Waals surface area contributed by atoms with Crippen LogP contribution in [0.2, 0.25) is 0 Å². The van der Waals surface area contributed by atoms with E-state index < -0.39 is 23.3 Å². The van der Waals surface area contributed by atoms with E-state index in [2.05, 4.69) is 0 Å². The van der Waals surface area contributed by atoms with Crippen LogP contribution >= 0.6 is 0 Å². The summed E-state index contributed by atoms with van der Waals surface area (Å²) < 4.78 is 16.1. The first-order valence-corrected chi connectivity index (χ1v) is 7.83. The lowest BCUT2D eigenvalue weighted by atomic mass is 10.2. The van der Waals surface area contributed by atoms with Crippen LogP contribution in [0.5, 0.6) is 11.5 Å². The Balaban J connectivity index is 1.65. The zero-order valence-corrected chi connectivity index (χ0v) is 13.6. The Kier molecular flexibility index (Phi) is 5.19. The minimum Gasteiger partial charge on any atom is -0.491 e. The number of carboxylic acid groups (broad SMARTS) is 1. The van der Waals surface area contributed by atoms with Crippen molar-refractivity contribution in [1.29, 1.82) is 0 Å². The van der Waals surface area contributed by atoms with Gasteiger partial charge < -0.3 is 24.1 Å². The maximum Gasteiger partial charge on any atom is 0.371 e. The third-order valence-electron chi connectivity index (χ3n) is 3.54. The average molecular weight is 356 g/mol. The highest BCUT2D eigenvalue weighted by molar-refractivity contribution is 5.87. The Morgan fingerprint density at radius 3 is 2.38 bits per heavy atom. The van der Waals surface area contributed by atoms with E-state index in [9.17, 15) is 14.7 Å². The molecule has 0 fully saturated rings. The smallest absolute Gasteiger partial charge is 0.371 e. The highest BCUT2D eigenvalue weighted by Gasteiger charge is 2.12. The van der Waals surface area contributed by atoms with E-state index in [1.165, 1.54) is 12.1 Å². The molecule has 2 N–H and O–H groups in total. The number of fused-ring (bicyclic) bond motifs is 1. The summed E-state index contributed by atoms with van der Waals surface area (Å²) in [6.07, 6.45) is -0.872. The van der Waals surface area contributed by atoms with Gasteiger partial charge in [-0.15, -0.1) is 0 Å². The van der Waals surface area contributed by atoms with Crippen molar-refractivity contribution in [3.8, 4) is 11.5 Å². The van der Waals surface area contributed by atoms with Crippen LogP contribution in [0.15, 0.2) is 63.8 Å². The molecule has 26 heavy (non-hydrogen) atoms. The van der Waals surface area contributed by atoms with Crippen molar-refractivity contribution in [1.82, 2.24) is 0 Å². The number of carboxylic acids is 1. The Labute approximate surface area is 148 Å². The molecule has 7 heteroatoms. The molecule has 0 saturated heterocycles. The van der Waals surface area contributed by atoms with Gasteiger partial charge in [-0.3, -0.25) is 4.79 Å². The molecule has 0 radical (unpaired) electrons. The van der Waals surface area contributed by atoms with Gasteiger partial charge in [0.1, 0.15) is 36.4 Å². The fraction of sp³-hybridized carbons (Fsp3) is 0.158. The van der Waals surface area contributed by atoms with Gasteiger partial charge in [0.05, 0.1) is 5.39 Å². The Morgan fingerprint density at radius 1 is 1.00 bits per heavy atom. The molecule has 0 saturated carbocycles. The number of hydrogen-bond acceptors (Lipinski definition) is 6. The summed E-state index contributed by atoms with van der Waals surface area (Å²) >= 11 is 0. The largest absolute Gasteiger partial charge is 0.491 e. The van der Waals surface area contributed by atoms with Gasteiger partial charge in [-0.25, -0.2) is 4.79 Å². The van der Waals surface area contributed by atoms with Gasteiger partial charge in [-0.1, -0.05) is 18.2 Å². The first-order valence-electron chi connectivity index (χ1n) is 7.83. The van der Waals surface area contributed by atoms with Gasteiger partial charge >= 0.3 is 5.97 Å². The lowest BCUT2D eigenvalue weighted by Crippen LogP contribution is -2.25. The summed E-state index contributed by atoms with van der Waals surface area (Å²) in [6.45, 7) is 0.0109. The molecule has 2 aromatic carbocycles. The van der Waals surface area contributed by atoms with Crippen LogP contribution in [0.3, 0.4) is 0 Å². The van der Waals surface area contributed by atoms with Gasteiger partial charge in [0.15, 0.2) is 5.43 Å². The van der Waals surface area contributed by atoms with Crippen molar-refractivity contribution in [3.05, 3.63) is 70.6 Å². The molecule has 1 aromatic heterocycles. The highest BCUT2D eigenvalue weighted by Crippen LogP contribution is 2.20. The lowest BCUT2D eigenvalue weighted by molar-refractivity contribution is 0.0626. The SMILES string of the molecule is O=C(O)c1cc(=O)c2ccc(OC[C@@H](O)COc3ccccc3)cc2o1. The summed E-state index contributed by atoms with van der Waals surface area (Å²) in [4.78, 5) is 22.9. The number of rotatable bonds is 7. The van der Waals surface area contributed by atoms with E-state index in [0.29, 0.717) is 11.5 Å². The number of para-hydroxylation sites is 1. The number of aliphatic hydroxyl groups excluding tert-OH is 1. The van der Waals surface area contributed by atoms with Crippen LogP contribution in [0.4, 0.5) is 0 Å². The highest BCUT2D eigenvalue weighted by atomic mass is 16.5. The topological polar surface area (TPSA) is 106 Å². The third kappa shape index (κ3) is 4.20. The van der Waals surface area contributed by atoms with Crippen molar-refractivity contribution in [2.45, 2.75) is 6.10 Å². The zero-order chi connectivity index (χ0) is 18.5. The van der Waals surface area contributed by atoms with Gasteiger partial charge in [0.25, 0.3) is 0 Å². The van der Waals surface area contributed by atoms with Gasteiger partial charge in [-0.2, -0.15) is 0 Å². The van der Waals surface area contributed by atoms with Crippen molar-refractivity contribution >= 4 is 16.9 Å². The van der Waals surface area contributed by atoms with E-state index in [0.717, 1.165) is 6.07 Å². The molecule has 7 nitrogen and oxygen atoms in total. The standard InChI is InChI=1S/C19H16O7/c20-12(10-24-13-4-2-1-3-5-13)11-25-14-6-7-15-16(21)9-18(19(22)23)26-17(15)8-14/h1-9,12,20H,10-11H2,(H,22,23)/t12-/m0/s1. The maximum absolute atomic E-state index is 11.9. The molecule has 1 heterocycles. The summed E-state index contributed by atoms with van der Waals surface area (Å²) in [5.74, 6) is -0.804. The number of benzene rings is 2. The fourth-order valence-corrected chi connectivity index (χ4v) is 2.28. The number of aliphatic hydroxyl groups is 1. The summed E-state index contributed by atoms with van der Waals surface area (Å²) in [6, 6.07) is 14.4. The molecular formula is C19H16O7. The second-order valence-electron chi connectivity index (χ2n) is 5.53. The van der Waals surface area contributed by atoms with Crippen LogP contribution in [0.1, 0.15) is 10.6 Å². The van der Waals surface area contributed by atoms with Gasteiger partial charge in [-0.05, 0) is 24.3 Å². The summed E-state index contributed by atoms with van der Waals surface area (Å²) in [5, 5.41) is 19.1. The molecular weight excluding hydrogens is 340 g/mol. The molecule has 3 aromatic rings. The maximum atomic E-state index is 11.9. The molecule has 0 aliphatic rings. The zero-order valence-electron chi connectivity index (χ0n) is 13.6. The van der Waals surface area contributed by atoms with Crippen LogP contribution in [0.25, 0.3) is 11.0 Å². The van der Waals surface area contributed by atoms with Crippen LogP contribution in [-0.2, 0) is 0 Å². The van der Waals surface area contributed by atoms with Crippen molar-refractivity contribution in [3.63, 3.8) is 0 Å². The van der Waals surface area contributed by atoms with E-state index in [-0.39, 0.29) is 24.2 Å². The first kappa shape index (κ1) is 17.5. The Hall–Kier alpha value is -3.32. The first-order chi connectivity index (χ1) is 12.5. The van der Waals surface area contributed by atoms with E-state index >= 15 is 0 Å². The van der Waals surface area contributed by atoms with Crippen LogP contribution in [-0.4, -0.2) is 35.5 Å². The quantitative estimate of drug-likeness (QED) is 0.669. The summed E-state index contributed by atoms with van der Waals surface area (Å²) in [7, 11) is 0. The molecule has 0 aliphatic carbocycles. The monoisotopic (exact) mass is 356 g/mol. The molecule has 3 rings (SSSR count). The number of aromatic carboxylic acids is 1. The molecule has 0 bridgehead atoms. The fourth-order valence-electron chi connectivity index (χ4n) is 2.28. The minimum absolute atomic E-state index is 0.0405.